The minimum Gasteiger partial charge on any atom is -0.508 e. The van der Waals surface area contributed by atoms with Gasteiger partial charge < -0.3 is 19.4 Å². The molecular formula is C30H22FNO6. The first kappa shape index (κ1) is 24.7. The molecule has 0 saturated heterocycles. The number of hydrogen-bond donors (Lipinski definition) is 2. The van der Waals surface area contributed by atoms with Crippen LogP contribution in [0.25, 0.3) is 22.1 Å². The third-order valence-corrected chi connectivity index (χ3v) is 6.24. The number of hydrogen-bond acceptors (Lipinski definition) is 6. The van der Waals surface area contributed by atoms with Crippen LogP contribution in [0.2, 0.25) is 0 Å². The van der Waals surface area contributed by atoms with Crippen molar-refractivity contribution < 1.29 is 28.6 Å². The van der Waals surface area contributed by atoms with Crippen LogP contribution in [0.15, 0.2) is 101 Å². The number of benzene rings is 3. The molecule has 0 aliphatic rings. The summed E-state index contributed by atoms with van der Waals surface area (Å²) < 4.78 is 26.3. The van der Waals surface area contributed by atoms with E-state index in [2.05, 4.69) is 4.98 Å². The van der Waals surface area contributed by atoms with Crippen LogP contribution in [0.3, 0.4) is 0 Å². The van der Waals surface area contributed by atoms with Gasteiger partial charge in [-0.25, -0.2) is 4.39 Å². The number of para-hydroxylation sites is 1. The number of phenols is 1. The number of aliphatic carboxylic acids is 1. The van der Waals surface area contributed by atoms with Crippen molar-refractivity contribution in [2.75, 3.05) is 0 Å². The molecule has 5 rings (SSSR count). The Kier molecular flexibility index (Phi) is 6.86. The topological polar surface area (TPSA) is 110 Å². The second-order valence-corrected chi connectivity index (χ2v) is 8.63. The Hall–Kier alpha value is -4.98. The Balaban J connectivity index is 1.65. The van der Waals surface area contributed by atoms with E-state index in [1.807, 2.05) is 6.07 Å². The maximum Gasteiger partial charge on any atom is 0.304 e. The van der Waals surface area contributed by atoms with E-state index in [-0.39, 0.29) is 40.0 Å². The predicted octanol–water partition coefficient (Wildman–Crippen LogP) is 5.89. The average Bonchev–Trinajstić information content (AvgIpc) is 2.92. The first-order chi connectivity index (χ1) is 18.4. The second-order valence-electron chi connectivity index (χ2n) is 8.63. The van der Waals surface area contributed by atoms with Crippen molar-refractivity contribution in [3.8, 4) is 22.6 Å². The number of phenolic OH excluding ortho intramolecular Hbond substituents is 1. The number of rotatable bonds is 8. The smallest absolute Gasteiger partial charge is 0.304 e. The summed E-state index contributed by atoms with van der Waals surface area (Å²) in [5.74, 6) is -2.49. The van der Waals surface area contributed by atoms with Crippen molar-refractivity contribution >= 4 is 16.9 Å². The van der Waals surface area contributed by atoms with Gasteiger partial charge in [-0.1, -0.05) is 42.5 Å². The molecule has 2 N–H and O–H groups in total. The lowest BCUT2D eigenvalue weighted by Crippen LogP contribution is -2.13. The van der Waals surface area contributed by atoms with Crippen molar-refractivity contribution in [1.29, 1.82) is 0 Å². The summed E-state index contributed by atoms with van der Waals surface area (Å²) in [6.07, 6.45) is 2.35. The lowest BCUT2D eigenvalue weighted by atomic mass is 9.86. The molecule has 190 valence electrons. The lowest BCUT2D eigenvalue weighted by Gasteiger charge is -2.21. The highest BCUT2D eigenvalue weighted by atomic mass is 19.1. The van der Waals surface area contributed by atoms with E-state index in [9.17, 15) is 24.2 Å². The SMILES string of the molecule is O=C(O)C[C@@H](c1ccccc1OCc1ccccn1)c1c(O)ccc2c(=O)c(-c3ccccc3F)coc12. The predicted molar refractivity (Wildman–Crippen MR) is 139 cm³/mol. The third-order valence-electron chi connectivity index (χ3n) is 6.24. The molecule has 8 heteroatoms. The Morgan fingerprint density at radius 3 is 2.50 bits per heavy atom. The normalized spacial score (nSPS) is 11.8. The van der Waals surface area contributed by atoms with E-state index in [4.69, 9.17) is 9.15 Å². The van der Waals surface area contributed by atoms with Gasteiger partial charge in [0.05, 0.1) is 23.1 Å². The summed E-state index contributed by atoms with van der Waals surface area (Å²) >= 11 is 0. The number of aromatic hydroxyl groups is 1. The standard InChI is InChI=1S/C30H22FNO6/c31-24-10-3-1-8-19(24)23-17-38-30-21(29(23)36)12-13-25(33)28(30)22(15-27(34)35)20-9-2-4-11-26(20)37-16-18-7-5-6-14-32-18/h1-14,17,22,33H,15-16H2,(H,34,35)/t22-/m0/s1. The molecule has 3 aromatic carbocycles. The largest absolute Gasteiger partial charge is 0.508 e. The minimum atomic E-state index is -1.13. The van der Waals surface area contributed by atoms with Crippen LogP contribution in [0.4, 0.5) is 4.39 Å². The Morgan fingerprint density at radius 2 is 1.74 bits per heavy atom. The van der Waals surface area contributed by atoms with Crippen molar-refractivity contribution in [2.24, 2.45) is 0 Å². The molecule has 38 heavy (non-hydrogen) atoms. The van der Waals surface area contributed by atoms with Gasteiger partial charge in [-0.15, -0.1) is 0 Å². The van der Waals surface area contributed by atoms with E-state index in [0.29, 0.717) is 17.0 Å². The number of fused-ring (bicyclic) bond motifs is 1. The Bertz CT molecular complexity index is 1680. The highest BCUT2D eigenvalue weighted by molar-refractivity contribution is 5.87. The van der Waals surface area contributed by atoms with Crippen molar-refractivity contribution in [1.82, 2.24) is 4.98 Å². The molecule has 1 atom stereocenters. The van der Waals surface area contributed by atoms with E-state index in [1.165, 1.54) is 30.3 Å². The van der Waals surface area contributed by atoms with E-state index >= 15 is 0 Å². The number of carboxylic acids is 1. The highest BCUT2D eigenvalue weighted by Gasteiger charge is 2.28. The number of pyridine rings is 1. The first-order valence-electron chi connectivity index (χ1n) is 11.8. The fraction of sp³-hybridized carbons (Fsp3) is 0.100. The van der Waals surface area contributed by atoms with Crippen molar-refractivity contribution in [2.45, 2.75) is 18.9 Å². The molecule has 5 aromatic rings. The molecule has 0 fully saturated rings. The van der Waals surface area contributed by atoms with Crippen LogP contribution in [0.1, 0.15) is 29.2 Å². The van der Waals surface area contributed by atoms with Gasteiger partial charge in [0.25, 0.3) is 0 Å². The van der Waals surface area contributed by atoms with Crippen LogP contribution in [0.5, 0.6) is 11.5 Å². The molecule has 0 aliphatic carbocycles. The van der Waals surface area contributed by atoms with Gasteiger partial charge in [-0.2, -0.15) is 0 Å². The quantitative estimate of drug-likeness (QED) is 0.267. The maximum absolute atomic E-state index is 14.4. The maximum atomic E-state index is 14.4. The van der Waals surface area contributed by atoms with Gasteiger partial charge in [0.15, 0.2) is 0 Å². The number of ether oxygens (including phenoxy) is 1. The zero-order valence-electron chi connectivity index (χ0n) is 20.0. The van der Waals surface area contributed by atoms with Gasteiger partial charge >= 0.3 is 5.97 Å². The summed E-state index contributed by atoms with van der Waals surface area (Å²) in [4.78, 5) is 29.6. The molecule has 7 nitrogen and oxygen atoms in total. The summed E-state index contributed by atoms with van der Waals surface area (Å²) in [6.45, 7) is 0.139. The number of aromatic nitrogens is 1. The third kappa shape index (κ3) is 4.84. The summed E-state index contributed by atoms with van der Waals surface area (Å²) in [5, 5.41) is 20.8. The molecule has 2 heterocycles. The Labute approximate surface area is 216 Å². The first-order valence-corrected chi connectivity index (χ1v) is 11.8. The molecule has 2 aromatic heterocycles. The summed E-state index contributed by atoms with van der Waals surface area (Å²) in [7, 11) is 0. The summed E-state index contributed by atoms with van der Waals surface area (Å²) in [6, 6.07) is 20.8. The zero-order chi connectivity index (χ0) is 26.6. The molecule has 0 unspecified atom stereocenters. The van der Waals surface area contributed by atoms with Crippen LogP contribution in [0, 0.1) is 5.82 Å². The Morgan fingerprint density at radius 1 is 0.974 bits per heavy atom. The lowest BCUT2D eigenvalue weighted by molar-refractivity contribution is -0.137. The van der Waals surface area contributed by atoms with E-state index in [0.717, 1.165) is 6.26 Å². The van der Waals surface area contributed by atoms with Crippen molar-refractivity contribution in [3.05, 3.63) is 124 Å². The number of carbonyl (C=O) groups is 1. The number of carboxylic acid groups (broad SMARTS) is 1. The molecule has 0 bridgehead atoms. The van der Waals surface area contributed by atoms with Crippen LogP contribution < -0.4 is 10.2 Å². The zero-order valence-corrected chi connectivity index (χ0v) is 20.0. The second kappa shape index (κ2) is 10.6. The van der Waals surface area contributed by atoms with Crippen molar-refractivity contribution in [3.63, 3.8) is 0 Å². The average molecular weight is 512 g/mol. The van der Waals surface area contributed by atoms with Crippen LogP contribution in [-0.4, -0.2) is 21.2 Å². The van der Waals surface area contributed by atoms with Crippen LogP contribution >= 0.6 is 0 Å². The molecule has 0 saturated carbocycles. The molecule has 0 spiro atoms. The number of halogens is 1. The van der Waals surface area contributed by atoms with E-state index < -0.39 is 29.6 Å². The minimum absolute atomic E-state index is 0.0147. The molecular weight excluding hydrogens is 489 g/mol. The highest BCUT2D eigenvalue weighted by Crippen LogP contribution is 2.42. The molecule has 0 radical (unpaired) electrons. The fourth-order valence-electron chi connectivity index (χ4n) is 4.49. The number of nitrogens with zero attached hydrogens (tertiary/aromatic N) is 1. The van der Waals surface area contributed by atoms with Gasteiger partial charge in [-0.05, 0) is 36.4 Å². The fourth-order valence-corrected chi connectivity index (χ4v) is 4.49. The van der Waals surface area contributed by atoms with Crippen LogP contribution in [-0.2, 0) is 11.4 Å². The van der Waals surface area contributed by atoms with Gasteiger partial charge in [0.2, 0.25) is 5.43 Å². The van der Waals surface area contributed by atoms with E-state index in [1.54, 1.807) is 48.7 Å². The van der Waals surface area contributed by atoms with Gasteiger partial charge in [0.1, 0.15) is 35.8 Å². The van der Waals surface area contributed by atoms with Gasteiger partial charge in [0, 0.05) is 28.8 Å². The summed E-state index contributed by atoms with van der Waals surface area (Å²) in [5.41, 5.74) is 0.878. The monoisotopic (exact) mass is 511 g/mol. The van der Waals surface area contributed by atoms with Gasteiger partial charge in [-0.3, -0.25) is 14.6 Å². The molecule has 0 amide bonds. The molecule has 0 aliphatic heterocycles.